The van der Waals surface area contributed by atoms with E-state index in [2.05, 4.69) is 27.7 Å². The van der Waals surface area contributed by atoms with Crippen LogP contribution in [0.25, 0.3) is 0 Å². The van der Waals surface area contributed by atoms with Crippen LogP contribution in [-0.2, 0) is 9.59 Å². The van der Waals surface area contributed by atoms with Gasteiger partial charge in [-0.25, -0.2) is 0 Å². The zero-order valence-corrected chi connectivity index (χ0v) is 16.4. The smallest absolute Gasteiger partial charge is 0.156 e. The molecule has 0 aromatic rings. The van der Waals surface area contributed by atoms with Crippen LogP contribution in [0.2, 0.25) is 0 Å². The maximum absolute atomic E-state index is 12.4. The van der Waals surface area contributed by atoms with Crippen molar-refractivity contribution in [3.8, 4) is 0 Å². The third-order valence-electron chi connectivity index (χ3n) is 8.54. The van der Waals surface area contributed by atoms with Crippen molar-refractivity contribution in [3.05, 3.63) is 22.8 Å². The first-order valence-electron chi connectivity index (χ1n) is 10.1. The minimum Gasteiger partial charge on any atom is -0.295 e. The molecule has 0 amide bonds. The summed E-state index contributed by atoms with van der Waals surface area (Å²) in [6, 6.07) is 0. The van der Waals surface area contributed by atoms with Crippen molar-refractivity contribution in [2.24, 2.45) is 34.5 Å². The highest BCUT2D eigenvalue weighted by Gasteiger charge is 2.59. The van der Waals surface area contributed by atoms with Crippen molar-refractivity contribution in [1.82, 2.24) is 0 Å². The highest BCUT2D eigenvalue weighted by Crippen LogP contribution is 2.67. The van der Waals surface area contributed by atoms with Gasteiger partial charge in [0.15, 0.2) is 11.6 Å². The summed E-state index contributed by atoms with van der Waals surface area (Å²) in [5.74, 6) is 3.11. The Bertz CT molecular complexity index is 712. The number of carbonyl (C=O) groups is 2. The zero-order chi connectivity index (χ0) is 18.1. The van der Waals surface area contributed by atoms with E-state index in [4.69, 9.17) is 0 Å². The predicted molar refractivity (Wildman–Crippen MR) is 100 cm³/mol. The summed E-state index contributed by atoms with van der Waals surface area (Å²) in [6.45, 7) is 11.1. The summed E-state index contributed by atoms with van der Waals surface area (Å²) in [6.07, 6.45) is 8.38. The Morgan fingerprint density at radius 3 is 2.56 bits per heavy atom. The van der Waals surface area contributed by atoms with E-state index in [0.29, 0.717) is 41.7 Å². The molecule has 0 bridgehead atoms. The van der Waals surface area contributed by atoms with E-state index >= 15 is 0 Å². The van der Waals surface area contributed by atoms with Crippen molar-refractivity contribution in [2.45, 2.75) is 73.1 Å². The van der Waals surface area contributed by atoms with Gasteiger partial charge in [-0.2, -0.15) is 0 Å². The Morgan fingerprint density at radius 1 is 1.16 bits per heavy atom. The summed E-state index contributed by atoms with van der Waals surface area (Å²) in [5.41, 5.74) is 4.21. The summed E-state index contributed by atoms with van der Waals surface area (Å²) in [5, 5.41) is 0. The summed E-state index contributed by atoms with van der Waals surface area (Å²) in [4.78, 5) is 24.4. The average molecular weight is 341 g/mol. The number of carbonyl (C=O) groups excluding carboxylic acids is 2. The Kier molecular flexibility index (Phi) is 3.73. The number of Topliss-reactive ketones (excluding diaryl/α,β-unsaturated/α-hetero) is 1. The Labute approximate surface area is 152 Å². The molecule has 6 atom stereocenters. The van der Waals surface area contributed by atoms with Crippen LogP contribution >= 0.6 is 0 Å². The first kappa shape index (κ1) is 17.2. The van der Waals surface area contributed by atoms with Crippen molar-refractivity contribution in [3.63, 3.8) is 0 Å². The van der Waals surface area contributed by atoms with Crippen LogP contribution in [0.5, 0.6) is 0 Å². The molecule has 0 aromatic carbocycles. The molecule has 4 rings (SSSR count). The van der Waals surface area contributed by atoms with Crippen molar-refractivity contribution in [2.75, 3.05) is 0 Å². The molecule has 0 spiro atoms. The van der Waals surface area contributed by atoms with Crippen LogP contribution in [0.3, 0.4) is 0 Å². The monoisotopic (exact) mass is 340 g/mol. The SMILES string of the molecule is CC(=O)C1=C(C)C[C@H]2[C@@H]3C[C@H](C)C4=CC(=O)CC[C@]4(C)[C@H]3CC[C@]12C. The van der Waals surface area contributed by atoms with Gasteiger partial charge in [-0.1, -0.05) is 31.9 Å². The Balaban J connectivity index is 1.74. The molecule has 2 heteroatoms. The minimum atomic E-state index is 0.0822. The van der Waals surface area contributed by atoms with Gasteiger partial charge in [0.05, 0.1) is 0 Å². The number of rotatable bonds is 1. The molecule has 25 heavy (non-hydrogen) atoms. The van der Waals surface area contributed by atoms with E-state index < -0.39 is 0 Å². The van der Waals surface area contributed by atoms with E-state index in [1.165, 1.54) is 24.0 Å². The highest BCUT2D eigenvalue weighted by molar-refractivity contribution is 5.96. The van der Waals surface area contributed by atoms with Crippen molar-refractivity contribution < 1.29 is 9.59 Å². The van der Waals surface area contributed by atoms with E-state index in [-0.39, 0.29) is 10.8 Å². The predicted octanol–water partition coefficient (Wildman–Crippen LogP) is 5.28. The van der Waals surface area contributed by atoms with Gasteiger partial charge in [0.2, 0.25) is 0 Å². The second-order valence-corrected chi connectivity index (χ2v) is 9.87. The van der Waals surface area contributed by atoms with Gasteiger partial charge >= 0.3 is 0 Å². The molecule has 4 aliphatic rings. The highest BCUT2D eigenvalue weighted by atomic mass is 16.1. The molecule has 2 fully saturated rings. The average Bonchev–Trinajstić information content (AvgIpc) is 2.80. The first-order valence-corrected chi connectivity index (χ1v) is 10.1. The Morgan fingerprint density at radius 2 is 1.88 bits per heavy atom. The third kappa shape index (κ3) is 2.22. The molecule has 2 saturated carbocycles. The van der Waals surface area contributed by atoms with Gasteiger partial charge in [0.25, 0.3) is 0 Å². The molecule has 0 unspecified atom stereocenters. The van der Waals surface area contributed by atoms with Gasteiger partial charge in [-0.15, -0.1) is 0 Å². The second kappa shape index (κ2) is 5.41. The molecule has 4 aliphatic carbocycles. The standard InChI is InChI=1S/C23H32O2/c1-13-10-17-18(22(4)8-6-16(25)12-19(13)22)7-9-23(5)20(17)11-14(2)21(23)15(3)24/h12-13,17-18,20H,6-11H2,1-5H3/t13-,17+,18-,20-,22+,23-/m0/s1. The van der Waals surface area contributed by atoms with Crippen molar-refractivity contribution >= 4 is 11.6 Å². The van der Waals surface area contributed by atoms with E-state index in [1.807, 2.05) is 6.08 Å². The fourth-order valence-electron chi connectivity index (χ4n) is 7.61. The molecule has 0 radical (unpaired) electrons. The molecule has 136 valence electrons. The summed E-state index contributed by atoms with van der Waals surface area (Å²) >= 11 is 0. The number of fused-ring (bicyclic) bond motifs is 5. The topological polar surface area (TPSA) is 34.1 Å². The number of ketones is 2. The van der Waals surface area contributed by atoms with Crippen LogP contribution in [0, 0.1) is 34.5 Å². The van der Waals surface area contributed by atoms with E-state index in [1.54, 1.807) is 6.92 Å². The minimum absolute atomic E-state index is 0.0822. The summed E-state index contributed by atoms with van der Waals surface area (Å²) in [7, 11) is 0. The van der Waals surface area contributed by atoms with Gasteiger partial charge in [0.1, 0.15) is 0 Å². The zero-order valence-electron chi connectivity index (χ0n) is 16.4. The number of allylic oxidation sites excluding steroid dienone is 4. The van der Waals surface area contributed by atoms with Crippen molar-refractivity contribution in [1.29, 1.82) is 0 Å². The van der Waals surface area contributed by atoms with Gasteiger partial charge < -0.3 is 0 Å². The van der Waals surface area contributed by atoms with E-state index in [0.717, 1.165) is 24.8 Å². The van der Waals surface area contributed by atoms with Crippen LogP contribution < -0.4 is 0 Å². The first-order chi connectivity index (χ1) is 11.7. The quantitative estimate of drug-likeness (QED) is 0.651. The lowest BCUT2D eigenvalue weighted by molar-refractivity contribution is -0.119. The molecule has 0 heterocycles. The molecule has 0 N–H and O–H groups in total. The van der Waals surface area contributed by atoms with Crippen LogP contribution in [-0.4, -0.2) is 11.6 Å². The lowest BCUT2D eigenvalue weighted by atomic mass is 9.45. The molecular formula is C23H32O2. The lowest BCUT2D eigenvalue weighted by Gasteiger charge is -2.59. The van der Waals surface area contributed by atoms with E-state index in [9.17, 15) is 9.59 Å². The third-order valence-corrected chi connectivity index (χ3v) is 8.54. The summed E-state index contributed by atoms with van der Waals surface area (Å²) < 4.78 is 0. The number of hydrogen-bond donors (Lipinski definition) is 0. The lowest BCUT2D eigenvalue weighted by Crippen LogP contribution is -2.52. The van der Waals surface area contributed by atoms with Crippen LogP contribution in [0.4, 0.5) is 0 Å². The maximum Gasteiger partial charge on any atom is 0.156 e. The van der Waals surface area contributed by atoms with Gasteiger partial charge in [-0.3, -0.25) is 9.59 Å². The molecule has 2 nitrogen and oxygen atoms in total. The number of hydrogen-bond acceptors (Lipinski definition) is 2. The largest absolute Gasteiger partial charge is 0.295 e. The fraction of sp³-hybridized carbons (Fsp3) is 0.739. The molecule has 0 aliphatic heterocycles. The van der Waals surface area contributed by atoms with Gasteiger partial charge in [-0.05, 0) is 92.1 Å². The van der Waals surface area contributed by atoms with Crippen LogP contribution in [0.1, 0.15) is 73.1 Å². The van der Waals surface area contributed by atoms with Gasteiger partial charge in [0, 0.05) is 6.42 Å². The normalized spacial score (nSPS) is 46.3. The molecule has 0 aromatic heterocycles. The molecule has 0 saturated heterocycles. The maximum atomic E-state index is 12.4. The Hall–Kier alpha value is -1.18. The fourth-order valence-corrected chi connectivity index (χ4v) is 7.61. The second-order valence-electron chi connectivity index (χ2n) is 9.87. The van der Waals surface area contributed by atoms with Crippen LogP contribution in [0.15, 0.2) is 22.8 Å². The molecular weight excluding hydrogens is 308 g/mol.